The summed E-state index contributed by atoms with van der Waals surface area (Å²) in [7, 11) is 0. The van der Waals surface area contributed by atoms with E-state index in [-0.39, 0.29) is 19.1 Å². The van der Waals surface area contributed by atoms with Gasteiger partial charge in [0.1, 0.15) is 12.2 Å². The van der Waals surface area contributed by atoms with Crippen LogP contribution in [0.4, 0.5) is 0 Å². The van der Waals surface area contributed by atoms with Crippen molar-refractivity contribution in [2.45, 2.75) is 31.3 Å². The maximum Gasteiger partial charge on any atom is 0.217 e. The van der Waals surface area contributed by atoms with Gasteiger partial charge in [0.05, 0.1) is 25.3 Å². The fourth-order valence-electron chi connectivity index (χ4n) is 1.55. The van der Waals surface area contributed by atoms with Crippen molar-refractivity contribution in [1.29, 1.82) is 0 Å². The van der Waals surface area contributed by atoms with Gasteiger partial charge < -0.3 is 20.3 Å². The van der Waals surface area contributed by atoms with Crippen molar-refractivity contribution in [1.82, 2.24) is 5.32 Å². The summed E-state index contributed by atoms with van der Waals surface area (Å²) in [4.78, 5) is 13.3. The summed E-state index contributed by atoms with van der Waals surface area (Å²) >= 11 is 0. The molecular formula is C8H14N4O4. The second-order valence-electron chi connectivity index (χ2n) is 3.57. The van der Waals surface area contributed by atoms with Crippen molar-refractivity contribution in [3.63, 3.8) is 0 Å². The van der Waals surface area contributed by atoms with Crippen molar-refractivity contribution in [3.05, 3.63) is 10.4 Å². The summed E-state index contributed by atoms with van der Waals surface area (Å²) < 4.78 is 5.19. The monoisotopic (exact) mass is 230 g/mol. The third-order valence-electron chi connectivity index (χ3n) is 2.35. The maximum absolute atomic E-state index is 10.8. The highest BCUT2D eigenvalue weighted by molar-refractivity contribution is 5.73. The van der Waals surface area contributed by atoms with Crippen LogP contribution in [0.5, 0.6) is 0 Å². The van der Waals surface area contributed by atoms with Gasteiger partial charge in [0.2, 0.25) is 5.91 Å². The van der Waals surface area contributed by atoms with Crippen LogP contribution in [0.3, 0.4) is 0 Å². The zero-order valence-corrected chi connectivity index (χ0v) is 8.78. The Morgan fingerprint density at radius 3 is 2.88 bits per heavy atom. The Labute approximate surface area is 91.8 Å². The Morgan fingerprint density at radius 1 is 1.62 bits per heavy atom. The van der Waals surface area contributed by atoms with E-state index in [1.54, 1.807) is 0 Å². The predicted molar refractivity (Wildman–Crippen MR) is 53.4 cm³/mol. The van der Waals surface area contributed by atoms with Gasteiger partial charge >= 0.3 is 0 Å². The molecule has 0 aromatic heterocycles. The van der Waals surface area contributed by atoms with Gasteiger partial charge in [-0.05, 0) is 5.53 Å². The van der Waals surface area contributed by atoms with Crippen molar-refractivity contribution in [3.8, 4) is 0 Å². The van der Waals surface area contributed by atoms with Gasteiger partial charge in [0, 0.05) is 11.8 Å². The van der Waals surface area contributed by atoms with Gasteiger partial charge in [-0.2, -0.15) is 0 Å². The molecule has 3 N–H and O–H groups in total. The van der Waals surface area contributed by atoms with Crippen molar-refractivity contribution >= 4 is 5.91 Å². The summed E-state index contributed by atoms with van der Waals surface area (Å²) in [5.74, 6) is -0.312. The zero-order chi connectivity index (χ0) is 12.1. The van der Waals surface area contributed by atoms with Gasteiger partial charge in [0.25, 0.3) is 0 Å². The number of ether oxygens (including phenoxy) is 1. The third kappa shape index (κ3) is 3.07. The van der Waals surface area contributed by atoms with Crippen LogP contribution in [0, 0.1) is 0 Å². The Bertz CT molecular complexity index is 288. The van der Waals surface area contributed by atoms with E-state index in [0.717, 1.165) is 0 Å². The van der Waals surface area contributed by atoms with Crippen LogP contribution in [-0.2, 0) is 9.53 Å². The first-order chi connectivity index (χ1) is 7.56. The summed E-state index contributed by atoms with van der Waals surface area (Å²) in [6, 6.07) is -0.644. The van der Waals surface area contributed by atoms with Gasteiger partial charge in [-0.25, -0.2) is 0 Å². The van der Waals surface area contributed by atoms with E-state index in [1.165, 1.54) is 6.92 Å². The van der Waals surface area contributed by atoms with Crippen LogP contribution in [0.2, 0.25) is 0 Å². The van der Waals surface area contributed by atoms with E-state index in [4.69, 9.17) is 10.3 Å². The van der Waals surface area contributed by atoms with E-state index < -0.39 is 24.4 Å². The largest absolute Gasteiger partial charge is 0.388 e. The van der Waals surface area contributed by atoms with Crippen molar-refractivity contribution in [2.75, 3.05) is 13.2 Å². The molecule has 1 rings (SSSR count). The summed E-state index contributed by atoms with van der Waals surface area (Å²) in [5.41, 5.74) is 8.12. The summed E-state index contributed by atoms with van der Waals surface area (Å²) in [5, 5.41) is 25.0. The van der Waals surface area contributed by atoms with Crippen molar-refractivity contribution in [2.24, 2.45) is 5.11 Å². The SMILES string of the molecule is CC(=O)NC1COC(CN=[N+]=[N-])C(O)C1O. The first-order valence-electron chi connectivity index (χ1n) is 4.82. The molecule has 90 valence electrons. The molecule has 0 radical (unpaired) electrons. The molecule has 0 aromatic rings. The third-order valence-corrected chi connectivity index (χ3v) is 2.35. The zero-order valence-electron chi connectivity index (χ0n) is 8.78. The Hall–Kier alpha value is -1.34. The minimum atomic E-state index is -1.18. The first-order valence-corrected chi connectivity index (χ1v) is 4.82. The molecule has 4 atom stereocenters. The molecule has 8 nitrogen and oxygen atoms in total. The molecule has 0 aromatic carbocycles. The molecule has 8 heteroatoms. The summed E-state index contributed by atoms with van der Waals surface area (Å²) in [6.45, 7) is 1.33. The number of carbonyl (C=O) groups excluding carboxylic acids is 1. The molecule has 16 heavy (non-hydrogen) atoms. The second kappa shape index (κ2) is 5.66. The van der Waals surface area contributed by atoms with Gasteiger partial charge in [-0.3, -0.25) is 4.79 Å². The van der Waals surface area contributed by atoms with Gasteiger partial charge in [0.15, 0.2) is 0 Å². The van der Waals surface area contributed by atoms with Crippen LogP contribution in [-0.4, -0.2) is 53.6 Å². The Kier molecular flexibility index (Phi) is 4.51. The normalized spacial score (nSPS) is 33.9. The molecule has 1 amide bonds. The average molecular weight is 230 g/mol. The predicted octanol–water partition coefficient (Wildman–Crippen LogP) is -1.08. The molecule has 1 aliphatic rings. The highest BCUT2D eigenvalue weighted by Crippen LogP contribution is 2.16. The number of carbonyl (C=O) groups is 1. The molecule has 1 heterocycles. The van der Waals surface area contributed by atoms with E-state index in [2.05, 4.69) is 15.3 Å². The van der Waals surface area contributed by atoms with Gasteiger partial charge in [-0.15, -0.1) is 0 Å². The van der Waals surface area contributed by atoms with E-state index in [0.29, 0.717) is 0 Å². The fourth-order valence-corrected chi connectivity index (χ4v) is 1.55. The van der Waals surface area contributed by atoms with E-state index >= 15 is 0 Å². The molecule has 4 unspecified atom stereocenters. The first kappa shape index (κ1) is 12.7. The number of aliphatic hydroxyl groups excluding tert-OH is 2. The Morgan fingerprint density at radius 2 is 2.31 bits per heavy atom. The van der Waals surface area contributed by atoms with Crippen molar-refractivity contribution < 1.29 is 19.7 Å². The van der Waals surface area contributed by atoms with Crippen LogP contribution >= 0.6 is 0 Å². The number of hydrogen-bond donors (Lipinski definition) is 3. The van der Waals surface area contributed by atoms with Crippen LogP contribution in [0.15, 0.2) is 5.11 Å². The average Bonchev–Trinajstić information content (AvgIpc) is 2.23. The number of azide groups is 1. The number of aliphatic hydroxyl groups is 2. The topological polar surface area (TPSA) is 128 Å². The number of nitrogens with zero attached hydrogens (tertiary/aromatic N) is 3. The second-order valence-corrected chi connectivity index (χ2v) is 3.57. The number of nitrogens with one attached hydrogen (secondary N) is 1. The molecular weight excluding hydrogens is 216 g/mol. The molecule has 0 saturated carbocycles. The molecule has 0 aliphatic carbocycles. The fraction of sp³-hybridized carbons (Fsp3) is 0.875. The van der Waals surface area contributed by atoms with Crippen LogP contribution in [0.1, 0.15) is 6.92 Å². The molecule has 1 fully saturated rings. The lowest BCUT2D eigenvalue weighted by atomic mass is 9.98. The van der Waals surface area contributed by atoms with Gasteiger partial charge in [-0.1, -0.05) is 5.11 Å². The van der Waals surface area contributed by atoms with E-state index in [1.807, 2.05) is 0 Å². The Balaban J connectivity index is 2.56. The molecule has 1 aliphatic heterocycles. The lowest BCUT2D eigenvalue weighted by Gasteiger charge is -2.37. The summed E-state index contributed by atoms with van der Waals surface area (Å²) in [6.07, 6.45) is -3.05. The smallest absolute Gasteiger partial charge is 0.217 e. The minimum Gasteiger partial charge on any atom is -0.388 e. The highest BCUT2D eigenvalue weighted by Gasteiger charge is 2.38. The number of amides is 1. The number of rotatable bonds is 3. The minimum absolute atomic E-state index is 0.0540. The lowest BCUT2D eigenvalue weighted by molar-refractivity contribution is -0.151. The van der Waals surface area contributed by atoms with Crippen LogP contribution < -0.4 is 5.32 Å². The standard InChI is InChI=1S/C8H14N4O4/c1-4(13)11-5-3-16-6(2-10-12-9)8(15)7(5)14/h5-8,14-15H,2-3H2,1H3,(H,11,13). The molecule has 0 spiro atoms. The van der Waals surface area contributed by atoms with E-state index in [9.17, 15) is 15.0 Å². The molecule has 1 saturated heterocycles. The van der Waals surface area contributed by atoms with Crippen LogP contribution in [0.25, 0.3) is 10.4 Å². The number of hydrogen-bond acceptors (Lipinski definition) is 5. The quantitative estimate of drug-likeness (QED) is 0.323. The highest BCUT2D eigenvalue weighted by atomic mass is 16.5. The molecule has 0 bridgehead atoms. The maximum atomic E-state index is 10.8. The lowest BCUT2D eigenvalue weighted by Crippen LogP contribution is -2.59.